The molecule has 0 bridgehead atoms. The molecule has 0 aromatic rings. The zero-order valence-corrected chi connectivity index (χ0v) is 8.74. The molecule has 1 amide bonds. The van der Waals surface area contributed by atoms with E-state index in [2.05, 4.69) is 10.1 Å². The van der Waals surface area contributed by atoms with Gasteiger partial charge in [0, 0.05) is 7.11 Å². The summed E-state index contributed by atoms with van der Waals surface area (Å²) in [4.78, 5) is 21.9. The lowest BCUT2D eigenvalue weighted by Crippen LogP contribution is -2.46. The number of carboxylic acid groups (broad SMARTS) is 1. The topological polar surface area (TPSA) is 75.6 Å². The maximum Gasteiger partial charge on any atom is 0.326 e. The highest BCUT2D eigenvalue weighted by atomic mass is 16.5. The van der Waals surface area contributed by atoms with Crippen molar-refractivity contribution in [2.75, 3.05) is 13.7 Å². The summed E-state index contributed by atoms with van der Waals surface area (Å²) in [7, 11) is 1.39. The van der Waals surface area contributed by atoms with Crippen LogP contribution in [0.15, 0.2) is 0 Å². The number of ether oxygens (including phenoxy) is 1. The molecule has 0 aromatic carbocycles. The molecule has 82 valence electrons. The highest BCUT2D eigenvalue weighted by Crippen LogP contribution is 2.07. The smallest absolute Gasteiger partial charge is 0.326 e. The molecule has 0 aromatic heterocycles. The number of rotatable bonds is 6. The third-order valence-corrected chi connectivity index (χ3v) is 2.07. The molecule has 5 heteroatoms. The van der Waals surface area contributed by atoms with Crippen LogP contribution >= 0.6 is 0 Å². The van der Waals surface area contributed by atoms with Crippen LogP contribution in [-0.4, -0.2) is 36.7 Å². The van der Waals surface area contributed by atoms with Gasteiger partial charge in [0.25, 0.3) is 0 Å². The quantitative estimate of drug-likeness (QED) is 0.648. The van der Waals surface area contributed by atoms with Crippen molar-refractivity contribution in [2.45, 2.75) is 26.3 Å². The summed E-state index contributed by atoms with van der Waals surface area (Å²) in [6.45, 7) is 3.55. The van der Waals surface area contributed by atoms with Crippen molar-refractivity contribution in [1.29, 1.82) is 0 Å². The molecule has 14 heavy (non-hydrogen) atoms. The van der Waals surface area contributed by atoms with E-state index in [1.54, 1.807) is 6.92 Å². The standard InChI is InChI=1S/C9H17NO4/c1-4-6(2)8(9(12)13)10-7(11)5-14-3/h6,8H,4-5H2,1-3H3,(H,10,11)(H,12,13)/t6-,8+/m0/s1. The fraction of sp³-hybridized carbons (Fsp3) is 0.778. The van der Waals surface area contributed by atoms with Gasteiger partial charge in [0.1, 0.15) is 12.6 Å². The Labute approximate surface area is 83.4 Å². The lowest BCUT2D eigenvalue weighted by atomic mass is 9.99. The van der Waals surface area contributed by atoms with Crippen molar-refractivity contribution < 1.29 is 19.4 Å². The summed E-state index contributed by atoms with van der Waals surface area (Å²) in [5, 5.41) is 11.2. The Morgan fingerprint density at radius 1 is 1.50 bits per heavy atom. The average molecular weight is 203 g/mol. The van der Waals surface area contributed by atoms with Crippen molar-refractivity contribution >= 4 is 11.9 Å². The SMILES string of the molecule is CC[C@H](C)[C@@H](NC(=O)COC)C(=O)O. The Balaban J connectivity index is 4.23. The Hall–Kier alpha value is -1.10. The molecular formula is C9H17NO4. The first-order valence-corrected chi connectivity index (χ1v) is 4.54. The summed E-state index contributed by atoms with van der Waals surface area (Å²) in [5.41, 5.74) is 0. The molecule has 0 aliphatic rings. The molecule has 0 fully saturated rings. The molecule has 2 N–H and O–H groups in total. The van der Waals surface area contributed by atoms with Gasteiger partial charge in [-0.3, -0.25) is 4.79 Å². The second-order valence-corrected chi connectivity index (χ2v) is 3.20. The van der Waals surface area contributed by atoms with Gasteiger partial charge in [-0.25, -0.2) is 4.79 Å². The first-order chi connectivity index (χ1) is 6.52. The van der Waals surface area contributed by atoms with Gasteiger partial charge < -0.3 is 15.2 Å². The van der Waals surface area contributed by atoms with Gasteiger partial charge in [-0.2, -0.15) is 0 Å². The predicted molar refractivity (Wildman–Crippen MR) is 50.9 cm³/mol. The second kappa shape index (κ2) is 6.37. The Morgan fingerprint density at radius 2 is 2.07 bits per heavy atom. The van der Waals surface area contributed by atoms with E-state index in [0.717, 1.165) is 0 Å². The lowest BCUT2D eigenvalue weighted by molar-refractivity contribution is -0.143. The van der Waals surface area contributed by atoms with Crippen LogP contribution in [-0.2, 0) is 14.3 Å². The van der Waals surface area contributed by atoms with Crippen LogP contribution < -0.4 is 5.32 Å². The Kier molecular flexibility index (Phi) is 5.87. The number of carbonyl (C=O) groups excluding carboxylic acids is 1. The number of aliphatic carboxylic acids is 1. The molecule has 0 aliphatic carbocycles. The van der Waals surface area contributed by atoms with Gasteiger partial charge in [-0.05, 0) is 5.92 Å². The van der Waals surface area contributed by atoms with E-state index < -0.39 is 17.9 Å². The molecule has 0 rings (SSSR count). The minimum absolute atomic E-state index is 0.0895. The zero-order chi connectivity index (χ0) is 11.1. The minimum Gasteiger partial charge on any atom is -0.480 e. The van der Waals surface area contributed by atoms with Crippen molar-refractivity contribution in [2.24, 2.45) is 5.92 Å². The summed E-state index contributed by atoms with van der Waals surface area (Å²) in [6, 6.07) is -0.831. The maximum atomic E-state index is 11.1. The molecule has 0 radical (unpaired) electrons. The molecule has 0 saturated heterocycles. The van der Waals surface area contributed by atoms with E-state index in [1.807, 2.05) is 6.92 Å². The van der Waals surface area contributed by atoms with Crippen molar-refractivity contribution in [3.8, 4) is 0 Å². The van der Waals surface area contributed by atoms with E-state index >= 15 is 0 Å². The highest BCUT2D eigenvalue weighted by molar-refractivity contribution is 5.84. The predicted octanol–water partition coefficient (Wildman–Crippen LogP) is 0.248. The molecule has 0 aliphatic heterocycles. The molecule has 0 heterocycles. The van der Waals surface area contributed by atoms with Gasteiger partial charge in [-0.1, -0.05) is 20.3 Å². The van der Waals surface area contributed by atoms with Crippen molar-refractivity contribution in [1.82, 2.24) is 5.32 Å². The first kappa shape index (κ1) is 12.9. The molecular weight excluding hydrogens is 186 g/mol. The van der Waals surface area contributed by atoms with Crippen LogP contribution in [0.25, 0.3) is 0 Å². The van der Waals surface area contributed by atoms with Gasteiger partial charge >= 0.3 is 5.97 Å². The third kappa shape index (κ3) is 4.23. The third-order valence-electron chi connectivity index (χ3n) is 2.07. The van der Waals surface area contributed by atoms with E-state index in [-0.39, 0.29) is 12.5 Å². The molecule has 2 atom stereocenters. The van der Waals surface area contributed by atoms with Gasteiger partial charge in [-0.15, -0.1) is 0 Å². The van der Waals surface area contributed by atoms with Gasteiger partial charge in [0.05, 0.1) is 0 Å². The van der Waals surface area contributed by atoms with Crippen molar-refractivity contribution in [3.63, 3.8) is 0 Å². The largest absolute Gasteiger partial charge is 0.480 e. The van der Waals surface area contributed by atoms with Crippen LogP contribution in [0.3, 0.4) is 0 Å². The normalized spacial score (nSPS) is 14.5. The summed E-state index contributed by atoms with van der Waals surface area (Å²) < 4.78 is 4.59. The number of amides is 1. The van der Waals surface area contributed by atoms with E-state index in [1.165, 1.54) is 7.11 Å². The van der Waals surface area contributed by atoms with Crippen LogP contribution in [0, 0.1) is 5.92 Å². The zero-order valence-electron chi connectivity index (χ0n) is 8.74. The summed E-state index contributed by atoms with van der Waals surface area (Å²) in [6.07, 6.45) is 0.699. The number of nitrogens with one attached hydrogen (secondary N) is 1. The highest BCUT2D eigenvalue weighted by Gasteiger charge is 2.24. The monoisotopic (exact) mass is 203 g/mol. The molecule has 0 saturated carbocycles. The van der Waals surface area contributed by atoms with Gasteiger partial charge in [0.2, 0.25) is 5.91 Å². The second-order valence-electron chi connectivity index (χ2n) is 3.20. The van der Waals surface area contributed by atoms with Crippen LogP contribution in [0.4, 0.5) is 0 Å². The van der Waals surface area contributed by atoms with Crippen LogP contribution in [0.2, 0.25) is 0 Å². The van der Waals surface area contributed by atoms with Crippen molar-refractivity contribution in [3.05, 3.63) is 0 Å². The van der Waals surface area contributed by atoms with E-state index in [4.69, 9.17) is 5.11 Å². The molecule has 0 spiro atoms. The Bertz CT molecular complexity index is 205. The Morgan fingerprint density at radius 3 is 2.43 bits per heavy atom. The minimum atomic E-state index is -1.01. The number of hydrogen-bond donors (Lipinski definition) is 2. The maximum absolute atomic E-state index is 11.1. The molecule has 0 unspecified atom stereocenters. The average Bonchev–Trinajstić information content (AvgIpc) is 2.13. The number of carboxylic acids is 1. The number of methoxy groups -OCH3 is 1. The number of hydrogen-bond acceptors (Lipinski definition) is 3. The molecule has 5 nitrogen and oxygen atoms in total. The summed E-state index contributed by atoms with van der Waals surface area (Å²) in [5.74, 6) is -1.50. The lowest BCUT2D eigenvalue weighted by Gasteiger charge is -2.19. The van der Waals surface area contributed by atoms with E-state index in [9.17, 15) is 9.59 Å². The van der Waals surface area contributed by atoms with Crippen LogP contribution in [0.1, 0.15) is 20.3 Å². The fourth-order valence-corrected chi connectivity index (χ4v) is 1.03. The van der Waals surface area contributed by atoms with Crippen LogP contribution in [0.5, 0.6) is 0 Å². The first-order valence-electron chi connectivity index (χ1n) is 4.54. The number of carbonyl (C=O) groups is 2. The van der Waals surface area contributed by atoms with Gasteiger partial charge in [0.15, 0.2) is 0 Å². The summed E-state index contributed by atoms with van der Waals surface area (Å²) >= 11 is 0. The van der Waals surface area contributed by atoms with E-state index in [0.29, 0.717) is 6.42 Å². The fourth-order valence-electron chi connectivity index (χ4n) is 1.03.